The highest BCUT2D eigenvalue weighted by molar-refractivity contribution is 6.36. The summed E-state index contributed by atoms with van der Waals surface area (Å²) in [4.78, 5) is 45.7. The van der Waals surface area contributed by atoms with Gasteiger partial charge in [-0.3, -0.25) is 9.59 Å². The molecule has 0 saturated heterocycles. The Labute approximate surface area is 228 Å². The van der Waals surface area contributed by atoms with Crippen LogP contribution in [0.5, 0.6) is 5.88 Å². The molecular weight excluding hydrogens is 508 g/mol. The molecule has 1 fully saturated rings. The van der Waals surface area contributed by atoms with Crippen LogP contribution < -0.4 is 10.1 Å². The number of unbranched alkanes of at least 4 members (excludes halogenated alkanes) is 2. The molecule has 1 heterocycles. The van der Waals surface area contributed by atoms with Crippen LogP contribution in [0, 0.1) is 5.41 Å². The minimum atomic E-state index is -0.923. The maximum Gasteiger partial charge on any atom is 0.407 e. The first-order valence-corrected chi connectivity index (χ1v) is 13.6. The third-order valence-electron chi connectivity index (χ3n) is 7.15. The fraction of sp³-hybridized carbons (Fsp3) is 0.536. The number of amides is 2. The van der Waals surface area contributed by atoms with E-state index < -0.39 is 17.8 Å². The average Bonchev–Trinajstić information content (AvgIpc) is 2.88. The average molecular weight is 545 g/mol. The molecule has 2 N–H and O–H groups in total. The lowest BCUT2D eigenvalue weighted by atomic mass is 9.65. The number of carbonyl (C=O) groups is 3. The number of hydrogen-bond donors (Lipinski definition) is 2. The molecule has 9 nitrogen and oxygen atoms in total. The third-order valence-corrected chi connectivity index (χ3v) is 7.33. The second-order valence-corrected chi connectivity index (χ2v) is 10.4. The van der Waals surface area contributed by atoms with E-state index in [-0.39, 0.29) is 23.2 Å². The van der Waals surface area contributed by atoms with Gasteiger partial charge in [0.05, 0.1) is 12.6 Å². The normalized spacial score (nSPS) is 14.7. The zero-order valence-corrected chi connectivity index (χ0v) is 22.7. The van der Waals surface area contributed by atoms with Crippen molar-refractivity contribution in [1.29, 1.82) is 0 Å². The number of hydrogen-bond acceptors (Lipinski definition) is 6. The lowest BCUT2D eigenvalue weighted by molar-refractivity contribution is -0.138. The van der Waals surface area contributed by atoms with Crippen molar-refractivity contribution in [2.24, 2.45) is 5.41 Å². The van der Waals surface area contributed by atoms with E-state index in [0.29, 0.717) is 44.8 Å². The van der Waals surface area contributed by atoms with Crippen LogP contribution in [0.1, 0.15) is 76.3 Å². The Bertz CT molecular complexity index is 1060. The molecule has 2 aromatic rings. The summed E-state index contributed by atoms with van der Waals surface area (Å²) in [6.45, 7) is 3.24. The number of carboxylic acid groups (broad SMARTS) is 1. The SMILES string of the molecule is C[C@@H](NC(=O)C(=O)CCCCCN(CC1(CCCOc2ccnc(Cl)n2)CCC1)C(=O)O)c1ccccc1. The van der Waals surface area contributed by atoms with Gasteiger partial charge in [0.25, 0.3) is 5.91 Å². The number of carbonyl (C=O) groups excluding carboxylic acids is 2. The van der Waals surface area contributed by atoms with E-state index in [1.807, 2.05) is 37.3 Å². The molecule has 3 rings (SSSR count). The summed E-state index contributed by atoms with van der Waals surface area (Å²) < 4.78 is 5.65. The number of rotatable bonds is 16. The Kier molecular flexibility index (Phi) is 11.3. The van der Waals surface area contributed by atoms with Crippen molar-refractivity contribution < 1.29 is 24.2 Å². The largest absolute Gasteiger partial charge is 0.478 e. The molecule has 0 bridgehead atoms. The molecule has 1 aromatic heterocycles. The van der Waals surface area contributed by atoms with Gasteiger partial charge in [-0.25, -0.2) is 9.78 Å². The minimum absolute atomic E-state index is 0.0193. The van der Waals surface area contributed by atoms with Crippen molar-refractivity contribution in [3.05, 3.63) is 53.4 Å². The lowest BCUT2D eigenvalue weighted by Crippen LogP contribution is -2.45. The number of ether oxygens (including phenoxy) is 1. The van der Waals surface area contributed by atoms with Crippen LogP contribution in [0.3, 0.4) is 0 Å². The maximum atomic E-state index is 12.2. The summed E-state index contributed by atoms with van der Waals surface area (Å²) in [6.07, 6.45) is 7.42. The van der Waals surface area contributed by atoms with Crippen molar-refractivity contribution in [2.45, 2.75) is 70.8 Å². The highest BCUT2D eigenvalue weighted by Crippen LogP contribution is 2.45. The molecule has 38 heavy (non-hydrogen) atoms. The Balaban J connectivity index is 1.34. The molecule has 1 aliphatic carbocycles. The Morgan fingerprint density at radius 1 is 1.13 bits per heavy atom. The third kappa shape index (κ3) is 9.28. The lowest BCUT2D eigenvalue weighted by Gasteiger charge is -2.44. The summed E-state index contributed by atoms with van der Waals surface area (Å²) in [5.41, 5.74) is 0.920. The van der Waals surface area contributed by atoms with Gasteiger partial charge in [0.15, 0.2) is 0 Å². The predicted octanol–water partition coefficient (Wildman–Crippen LogP) is 5.45. The molecule has 0 aliphatic heterocycles. The van der Waals surface area contributed by atoms with Crippen LogP contribution in [0.25, 0.3) is 0 Å². The quantitative estimate of drug-likeness (QED) is 0.164. The van der Waals surface area contributed by atoms with E-state index in [1.54, 1.807) is 12.3 Å². The zero-order valence-electron chi connectivity index (χ0n) is 21.9. The monoisotopic (exact) mass is 544 g/mol. The van der Waals surface area contributed by atoms with Crippen molar-refractivity contribution in [1.82, 2.24) is 20.2 Å². The molecule has 0 radical (unpaired) electrons. The number of nitrogens with zero attached hydrogens (tertiary/aromatic N) is 3. The summed E-state index contributed by atoms with van der Waals surface area (Å²) in [6, 6.07) is 10.9. The molecule has 206 valence electrons. The van der Waals surface area contributed by atoms with Crippen molar-refractivity contribution >= 4 is 29.4 Å². The van der Waals surface area contributed by atoms with E-state index in [2.05, 4.69) is 15.3 Å². The van der Waals surface area contributed by atoms with Gasteiger partial charge < -0.3 is 20.1 Å². The van der Waals surface area contributed by atoms with Gasteiger partial charge in [-0.1, -0.05) is 43.2 Å². The zero-order chi connectivity index (χ0) is 27.4. The molecular formula is C28H37ClN4O5. The molecule has 1 saturated carbocycles. The molecule has 1 aliphatic rings. The van der Waals surface area contributed by atoms with E-state index in [1.165, 1.54) is 4.90 Å². The highest BCUT2D eigenvalue weighted by atomic mass is 35.5. The number of Topliss-reactive ketones (excluding diaryl/α,β-unsaturated/α-hetero) is 1. The van der Waals surface area contributed by atoms with Crippen LogP contribution in [0.4, 0.5) is 4.79 Å². The summed E-state index contributed by atoms with van der Waals surface area (Å²) >= 11 is 5.78. The molecule has 0 unspecified atom stereocenters. The van der Waals surface area contributed by atoms with Gasteiger partial charge in [-0.15, -0.1) is 0 Å². The van der Waals surface area contributed by atoms with Gasteiger partial charge >= 0.3 is 6.09 Å². The number of aromatic nitrogens is 2. The Hall–Kier alpha value is -3.20. The van der Waals surface area contributed by atoms with Crippen LogP contribution in [-0.2, 0) is 9.59 Å². The fourth-order valence-corrected chi connectivity index (χ4v) is 4.96. The summed E-state index contributed by atoms with van der Waals surface area (Å²) in [7, 11) is 0. The minimum Gasteiger partial charge on any atom is -0.478 e. The number of halogens is 1. The van der Waals surface area contributed by atoms with Crippen LogP contribution in [0.15, 0.2) is 42.6 Å². The smallest absolute Gasteiger partial charge is 0.407 e. The first kappa shape index (κ1) is 29.4. The second kappa shape index (κ2) is 14.7. The number of benzene rings is 1. The Morgan fingerprint density at radius 3 is 2.55 bits per heavy atom. The van der Waals surface area contributed by atoms with Crippen molar-refractivity contribution in [3.8, 4) is 5.88 Å². The number of ketones is 1. The predicted molar refractivity (Wildman–Crippen MR) is 144 cm³/mol. The first-order valence-electron chi connectivity index (χ1n) is 13.3. The summed E-state index contributed by atoms with van der Waals surface area (Å²) in [5, 5.41) is 12.7. The fourth-order valence-electron chi connectivity index (χ4n) is 4.82. The van der Waals surface area contributed by atoms with E-state index in [0.717, 1.165) is 37.7 Å². The molecule has 0 spiro atoms. The molecule has 1 atom stereocenters. The molecule has 10 heteroatoms. The van der Waals surface area contributed by atoms with Gasteiger partial charge in [0, 0.05) is 31.8 Å². The first-order chi connectivity index (χ1) is 18.3. The molecule has 2 amide bonds. The van der Waals surface area contributed by atoms with Gasteiger partial charge in [-0.2, -0.15) is 4.98 Å². The second-order valence-electron chi connectivity index (χ2n) is 10.0. The van der Waals surface area contributed by atoms with Crippen molar-refractivity contribution in [2.75, 3.05) is 19.7 Å². The maximum absolute atomic E-state index is 12.2. The topological polar surface area (TPSA) is 122 Å². The number of nitrogens with one attached hydrogen (secondary N) is 1. The molecule has 1 aromatic carbocycles. The van der Waals surface area contributed by atoms with E-state index >= 15 is 0 Å². The van der Waals surface area contributed by atoms with Crippen LogP contribution in [0.2, 0.25) is 5.28 Å². The standard InChI is InChI=1S/C28H37ClN4O5/c1-21(22-10-4-2-5-11-22)31-25(35)23(34)12-6-3-7-18-33(27(36)37)20-28(14-8-15-28)16-9-19-38-24-13-17-30-26(29)32-24/h2,4-5,10-11,13,17,21H,3,6-9,12,14-16,18-20H2,1H3,(H,31,35)(H,36,37)/t21-/m1/s1. The van der Waals surface area contributed by atoms with Gasteiger partial charge in [0.1, 0.15) is 0 Å². The van der Waals surface area contributed by atoms with Crippen LogP contribution in [-0.4, -0.2) is 57.5 Å². The van der Waals surface area contributed by atoms with Gasteiger partial charge in [0.2, 0.25) is 16.9 Å². The van der Waals surface area contributed by atoms with E-state index in [4.69, 9.17) is 16.3 Å². The van der Waals surface area contributed by atoms with Crippen molar-refractivity contribution in [3.63, 3.8) is 0 Å². The van der Waals surface area contributed by atoms with Crippen LogP contribution >= 0.6 is 11.6 Å². The highest BCUT2D eigenvalue weighted by Gasteiger charge is 2.39. The summed E-state index contributed by atoms with van der Waals surface area (Å²) in [5.74, 6) is -0.587. The van der Waals surface area contributed by atoms with E-state index in [9.17, 15) is 19.5 Å². The Morgan fingerprint density at radius 2 is 1.89 bits per heavy atom. The van der Waals surface area contributed by atoms with Gasteiger partial charge in [-0.05, 0) is 68.0 Å².